The highest BCUT2D eigenvalue weighted by Gasteiger charge is 2.22. The summed E-state index contributed by atoms with van der Waals surface area (Å²) < 4.78 is 0. The summed E-state index contributed by atoms with van der Waals surface area (Å²) in [4.78, 5) is 25.4. The zero-order valence-electron chi connectivity index (χ0n) is 15.9. The summed E-state index contributed by atoms with van der Waals surface area (Å²) in [6, 6.07) is 9.50. The van der Waals surface area contributed by atoms with Crippen LogP contribution < -0.4 is 10.2 Å². The van der Waals surface area contributed by atoms with Crippen molar-refractivity contribution < 1.29 is 4.79 Å². The highest BCUT2D eigenvalue weighted by atomic mass is 35.5. The summed E-state index contributed by atoms with van der Waals surface area (Å²) in [5.74, 6) is 1.38. The fourth-order valence-electron chi connectivity index (χ4n) is 3.28. The number of aromatic nitrogens is 2. The fraction of sp³-hybridized carbons (Fsp3) is 0.450. The van der Waals surface area contributed by atoms with Gasteiger partial charge in [0, 0.05) is 57.1 Å². The number of carbonyl (C=O) groups is 1. The quantitative estimate of drug-likeness (QED) is 0.850. The molecule has 1 fully saturated rings. The molecule has 1 aromatic heterocycles. The molecule has 0 radical (unpaired) electrons. The van der Waals surface area contributed by atoms with E-state index in [2.05, 4.69) is 15.3 Å². The van der Waals surface area contributed by atoms with E-state index in [9.17, 15) is 4.79 Å². The predicted molar refractivity (Wildman–Crippen MR) is 108 cm³/mol. The van der Waals surface area contributed by atoms with Crippen LogP contribution in [0.25, 0.3) is 0 Å². The summed E-state index contributed by atoms with van der Waals surface area (Å²) in [6.07, 6.45) is 2.83. The van der Waals surface area contributed by atoms with E-state index in [-0.39, 0.29) is 5.91 Å². The lowest BCUT2D eigenvalue weighted by molar-refractivity contribution is -0.130. The molecule has 1 aromatic carbocycles. The van der Waals surface area contributed by atoms with E-state index >= 15 is 0 Å². The summed E-state index contributed by atoms with van der Waals surface area (Å²) in [6.45, 7) is 3.16. The molecule has 1 N–H and O–H groups in total. The maximum absolute atomic E-state index is 12.8. The van der Waals surface area contributed by atoms with Crippen LogP contribution >= 0.6 is 11.6 Å². The van der Waals surface area contributed by atoms with Gasteiger partial charge in [-0.1, -0.05) is 23.7 Å². The average molecular weight is 388 g/mol. The second-order valence-corrected chi connectivity index (χ2v) is 7.62. The van der Waals surface area contributed by atoms with Gasteiger partial charge in [-0.25, -0.2) is 9.97 Å². The number of anilines is 1. The number of rotatable bonds is 5. The van der Waals surface area contributed by atoms with Crippen molar-refractivity contribution in [3.05, 3.63) is 52.9 Å². The molecule has 2 aromatic rings. The third-order valence-corrected chi connectivity index (χ3v) is 5.01. The van der Waals surface area contributed by atoms with Crippen LogP contribution in [0.1, 0.15) is 11.3 Å². The van der Waals surface area contributed by atoms with Gasteiger partial charge in [0.05, 0.1) is 6.42 Å². The van der Waals surface area contributed by atoms with Gasteiger partial charge in [-0.3, -0.25) is 4.79 Å². The molecule has 27 heavy (non-hydrogen) atoms. The molecule has 1 amide bonds. The van der Waals surface area contributed by atoms with Crippen molar-refractivity contribution in [2.24, 2.45) is 5.92 Å². The Morgan fingerprint density at radius 2 is 2.07 bits per heavy atom. The van der Waals surface area contributed by atoms with Crippen LogP contribution in [0.3, 0.4) is 0 Å². The first-order valence-corrected chi connectivity index (χ1v) is 9.60. The van der Waals surface area contributed by atoms with Crippen molar-refractivity contribution in [1.82, 2.24) is 20.2 Å². The molecule has 0 aliphatic carbocycles. The second kappa shape index (κ2) is 9.15. The van der Waals surface area contributed by atoms with Crippen molar-refractivity contribution in [2.75, 3.05) is 45.2 Å². The molecule has 6 nitrogen and oxygen atoms in total. The SMILES string of the molecule is CN(C)c1cc(C[C@@H]2CNCCN(C(=O)Cc3ccc(Cl)cc3)C2)ncn1. The number of nitrogens with zero attached hydrogens (tertiary/aromatic N) is 4. The van der Waals surface area contributed by atoms with E-state index < -0.39 is 0 Å². The molecule has 3 rings (SSSR count). The molecular formula is C20H26ClN5O. The summed E-state index contributed by atoms with van der Waals surface area (Å²) >= 11 is 5.93. The highest BCUT2D eigenvalue weighted by Crippen LogP contribution is 2.15. The van der Waals surface area contributed by atoms with E-state index in [1.807, 2.05) is 54.2 Å². The third-order valence-electron chi connectivity index (χ3n) is 4.76. The van der Waals surface area contributed by atoms with E-state index in [1.54, 1.807) is 6.33 Å². The van der Waals surface area contributed by atoms with E-state index in [4.69, 9.17) is 11.6 Å². The Balaban J connectivity index is 1.63. The fourth-order valence-corrected chi connectivity index (χ4v) is 3.40. The van der Waals surface area contributed by atoms with Gasteiger partial charge >= 0.3 is 0 Å². The van der Waals surface area contributed by atoms with Crippen LogP contribution in [0.4, 0.5) is 5.82 Å². The zero-order valence-corrected chi connectivity index (χ0v) is 16.6. The third kappa shape index (κ3) is 5.65. The lowest BCUT2D eigenvalue weighted by atomic mass is 10.0. The largest absolute Gasteiger partial charge is 0.363 e. The number of carbonyl (C=O) groups excluding carboxylic acids is 1. The minimum Gasteiger partial charge on any atom is -0.363 e. The molecule has 0 unspecified atom stereocenters. The number of hydrogen-bond acceptors (Lipinski definition) is 5. The predicted octanol–water partition coefficient (Wildman–Crippen LogP) is 2.03. The van der Waals surface area contributed by atoms with Gasteiger partial charge in [-0.05, 0) is 30.0 Å². The maximum atomic E-state index is 12.8. The number of amides is 1. The van der Waals surface area contributed by atoms with E-state index in [0.717, 1.165) is 49.7 Å². The first kappa shape index (κ1) is 19.6. The molecule has 0 bridgehead atoms. The van der Waals surface area contributed by atoms with Crippen molar-refractivity contribution >= 4 is 23.3 Å². The Hall–Kier alpha value is -2.18. The minimum absolute atomic E-state index is 0.155. The molecular weight excluding hydrogens is 362 g/mol. The van der Waals surface area contributed by atoms with Gasteiger partial charge in [0.25, 0.3) is 0 Å². The van der Waals surface area contributed by atoms with Crippen LogP contribution in [0.2, 0.25) is 5.02 Å². The van der Waals surface area contributed by atoms with Gasteiger partial charge in [0.1, 0.15) is 12.1 Å². The average Bonchev–Trinajstić information content (AvgIpc) is 2.89. The Morgan fingerprint density at radius 3 is 2.81 bits per heavy atom. The topological polar surface area (TPSA) is 61.4 Å². The first-order chi connectivity index (χ1) is 13.0. The van der Waals surface area contributed by atoms with Gasteiger partial charge in [0.2, 0.25) is 5.91 Å². The molecule has 0 saturated carbocycles. The van der Waals surface area contributed by atoms with Crippen molar-refractivity contribution in [3.63, 3.8) is 0 Å². The zero-order chi connectivity index (χ0) is 19.2. The molecule has 1 atom stereocenters. The minimum atomic E-state index is 0.155. The van der Waals surface area contributed by atoms with Crippen LogP contribution in [-0.4, -0.2) is 61.0 Å². The monoisotopic (exact) mass is 387 g/mol. The normalized spacial score (nSPS) is 17.4. The lowest BCUT2D eigenvalue weighted by Gasteiger charge is -2.24. The van der Waals surface area contributed by atoms with Gasteiger partial charge in [-0.15, -0.1) is 0 Å². The molecule has 7 heteroatoms. The molecule has 0 spiro atoms. The van der Waals surface area contributed by atoms with Crippen molar-refractivity contribution in [3.8, 4) is 0 Å². The molecule has 2 heterocycles. The number of hydrogen-bond donors (Lipinski definition) is 1. The first-order valence-electron chi connectivity index (χ1n) is 9.22. The van der Waals surface area contributed by atoms with Crippen molar-refractivity contribution in [2.45, 2.75) is 12.8 Å². The standard InChI is InChI=1S/C20H26ClN5O/c1-25(2)19-11-18(23-14-24-19)9-16-12-22-7-8-26(13-16)20(27)10-15-3-5-17(21)6-4-15/h3-6,11,14,16,22H,7-10,12-13H2,1-2H3/t16-/m1/s1. The Kier molecular flexibility index (Phi) is 6.63. The molecule has 144 valence electrons. The van der Waals surface area contributed by atoms with Crippen LogP contribution in [-0.2, 0) is 17.6 Å². The molecule has 1 aliphatic heterocycles. The number of nitrogens with one attached hydrogen (secondary N) is 1. The van der Waals surface area contributed by atoms with Gasteiger partial charge < -0.3 is 15.1 Å². The van der Waals surface area contributed by atoms with Crippen LogP contribution in [0, 0.1) is 5.92 Å². The van der Waals surface area contributed by atoms with Crippen LogP contribution in [0.5, 0.6) is 0 Å². The van der Waals surface area contributed by atoms with Gasteiger partial charge in [-0.2, -0.15) is 0 Å². The second-order valence-electron chi connectivity index (χ2n) is 7.18. The Bertz CT molecular complexity index is 765. The summed E-state index contributed by atoms with van der Waals surface area (Å²) in [5, 5.41) is 4.13. The Morgan fingerprint density at radius 1 is 1.30 bits per heavy atom. The lowest BCUT2D eigenvalue weighted by Crippen LogP contribution is -2.37. The molecule has 1 saturated heterocycles. The highest BCUT2D eigenvalue weighted by molar-refractivity contribution is 6.30. The number of benzene rings is 1. The summed E-state index contributed by atoms with van der Waals surface area (Å²) in [5.41, 5.74) is 2.00. The van der Waals surface area contributed by atoms with E-state index in [0.29, 0.717) is 17.4 Å². The smallest absolute Gasteiger partial charge is 0.227 e. The number of halogens is 1. The van der Waals surface area contributed by atoms with E-state index in [1.165, 1.54) is 0 Å². The van der Waals surface area contributed by atoms with Gasteiger partial charge in [0.15, 0.2) is 0 Å². The maximum Gasteiger partial charge on any atom is 0.227 e. The summed E-state index contributed by atoms with van der Waals surface area (Å²) in [7, 11) is 3.94. The Labute approximate surface area is 165 Å². The molecule has 1 aliphatic rings. The van der Waals surface area contributed by atoms with Crippen molar-refractivity contribution in [1.29, 1.82) is 0 Å². The van der Waals surface area contributed by atoms with Crippen LogP contribution in [0.15, 0.2) is 36.7 Å².